The van der Waals surface area contributed by atoms with E-state index in [-0.39, 0.29) is 30.4 Å². The molecule has 0 spiro atoms. The first-order valence-corrected chi connectivity index (χ1v) is 7.77. The summed E-state index contributed by atoms with van der Waals surface area (Å²) < 4.78 is 10.0. The number of rotatable bonds is 7. The van der Waals surface area contributed by atoms with Gasteiger partial charge in [-0.1, -0.05) is 12.1 Å². The normalized spacial score (nSPS) is 23.2. The van der Waals surface area contributed by atoms with Gasteiger partial charge in [0.15, 0.2) is 0 Å². The second kappa shape index (κ2) is 7.47. The summed E-state index contributed by atoms with van der Waals surface area (Å²) in [5.41, 5.74) is -0.565. The first-order chi connectivity index (χ1) is 11.8. The number of para-hydroxylation sites is 1. The number of hydrogen-bond acceptors (Lipinski definition) is 7. The smallest absolute Gasteiger partial charge is 0.430 e. The van der Waals surface area contributed by atoms with Gasteiger partial charge in [0.05, 0.1) is 21.9 Å². The zero-order chi connectivity index (χ0) is 18.6. The number of nitro groups is 1. The summed E-state index contributed by atoms with van der Waals surface area (Å²) in [7, 11) is 0. The summed E-state index contributed by atoms with van der Waals surface area (Å²) in [6.07, 6.45) is -1.44. The highest BCUT2D eigenvalue weighted by Crippen LogP contribution is 2.34. The Hall–Kier alpha value is -2.68. The first kappa shape index (κ1) is 18.7. The molecule has 1 fully saturated rings. The third kappa shape index (κ3) is 4.05. The number of β-lactam (4-membered cyclic amide) rings is 1. The van der Waals surface area contributed by atoms with Crippen molar-refractivity contribution >= 4 is 17.7 Å². The number of nitrogens with one attached hydrogen (secondary N) is 1. The van der Waals surface area contributed by atoms with Crippen LogP contribution in [-0.4, -0.2) is 40.3 Å². The number of carbonyl (C=O) groups excluding carboxylic acids is 2. The molecule has 1 aromatic carbocycles. The average molecular weight is 352 g/mol. The van der Waals surface area contributed by atoms with Crippen molar-refractivity contribution in [3.63, 3.8) is 0 Å². The lowest BCUT2D eigenvalue weighted by atomic mass is 9.72. The van der Waals surface area contributed by atoms with E-state index >= 15 is 0 Å². The fourth-order valence-electron chi connectivity index (χ4n) is 3.03. The van der Waals surface area contributed by atoms with Gasteiger partial charge in [0, 0.05) is 12.7 Å². The van der Waals surface area contributed by atoms with Crippen molar-refractivity contribution in [3.8, 4) is 0 Å². The van der Waals surface area contributed by atoms with Crippen LogP contribution in [0.2, 0.25) is 0 Å². The molecular formula is C16H20N2O7. The lowest BCUT2D eigenvalue weighted by Crippen LogP contribution is -2.71. The van der Waals surface area contributed by atoms with Gasteiger partial charge in [-0.3, -0.25) is 14.9 Å². The molecule has 25 heavy (non-hydrogen) atoms. The van der Waals surface area contributed by atoms with Gasteiger partial charge >= 0.3 is 6.16 Å². The average Bonchev–Trinajstić information content (AvgIpc) is 2.52. The topological polar surface area (TPSA) is 128 Å². The number of amides is 1. The summed E-state index contributed by atoms with van der Waals surface area (Å²) in [6.45, 7) is 2.90. The highest BCUT2D eigenvalue weighted by atomic mass is 16.7. The van der Waals surface area contributed by atoms with Gasteiger partial charge in [-0.15, -0.1) is 0 Å². The third-order valence-corrected chi connectivity index (χ3v) is 4.29. The Morgan fingerprint density at radius 3 is 2.76 bits per heavy atom. The summed E-state index contributed by atoms with van der Waals surface area (Å²) in [4.78, 5) is 33.9. The quantitative estimate of drug-likeness (QED) is 0.329. The zero-order valence-corrected chi connectivity index (χ0v) is 13.9. The van der Waals surface area contributed by atoms with Crippen LogP contribution in [0.1, 0.15) is 25.8 Å². The summed E-state index contributed by atoms with van der Waals surface area (Å²) in [5.74, 6) is -0.867. The number of benzene rings is 1. The molecule has 2 rings (SSSR count). The molecule has 136 valence electrons. The minimum atomic E-state index is -1.02. The summed E-state index contributed by atoms with van der Waals surface area (Å²) in [6, 6.07) is 5.90. The number of aliphatic hydroxyl groups is 1. The molecule has 1 aromatic rings. The van der Waals surface area contributed by atoms with Gasteiger partial charge in [0.1, 0.15) is 12.7 Å². The van der Waals surface area contributed by atoms with E-state index < -0.39 is 28.6 Å². The van der Waals surface area contributed by atoms with Crippen molar-refractivity contribution < 1.29 is 29.1 Å². The van der Waals surface area contributed by atoms with E-state index in [1.54, 1.807) is 19.9 Å². The Bertz CT molecular complexity index is 678. The molecule has 9 nitrogen and oxygen atoms in total. The van der Waals surface area contributed by atoms with E-state index in [0.29, 0.717) is 6.42 Å². The van der Waals surface area contributed by atoms with E-state index in [4.69, 9.17) is 14.6 Å². The van der Waals surface area contributed by atoms with E-state index in [2.05, 4.69) is 5.32 Å². The molecule has 0 aliphatic carbocycles. The SMILES string of the molecule is C[C@@H](OC(=O)OCc1ccccc1[N+](=O)[O-])[C@H]1C(=O)N[C@]1(C)CCO. The third-order valence-electron chi connectivity index (χ3n) is 4.29. The van der Waals surface area contributed by atoms with Gasteiger partial charge in [0.2, 0.25) is 5.91 Å². The van der Waals surface area contributed by atoms with Crippen LogP contribution >= 0.6 is 0 Å². The Morgan fingerprint density at radius 1 is 1.48 bits per heavy atom. The fraction of sp³-hybridized carbons (Fsp3) is 0.500. The van der Waals surface area contributed by atoms with Gasteiger partial charge in [-0.05, 0) is 26.3 Å². The largest absolute Gasteiger partial charge is 0.508 e. The van der Waals surface area contributed by atoms with Gasteiger partial charge < -0.3 is 19.9 Å². The maximum absolute atomic E-state index is 11.8. The molecule has 0 radical (unpaired) electrons. The van der Waals surface area contributed by atoms with Crippen LogP contribution in [-0.2, 0) is 20.9 Å². The van der Waals surface area contributed by atoms with E-state index in [1.807, 2.05) is 0 Å². The highest BCUT2D eigenvalue weighted by Gasteiger charge is 2.53. The molecule has 1 heterocycles. The fourth-order valence-corrected chi connectivity index (χ4v) is 3.03. The highest BCUT2D eigenvalue weighted by molar-refractivity contribution is 5.88. The lowest BCUT2D eigenvalue weighted by Gasteiger charge is -2.48. The van der Waals surface area contributed by atoms with Crippen LogP contribution in [0.15, 0.2) is 24.3 Å². The number of ether oxygens (including phenoxy) is 2. The van der Waals surface area contributed by atoms with Crippen LogP contribution in [0.4, 0.5) is 10.5 Å². The molecule has 9 heteroatoms. The monoisotopic (exact) mass is 352 g/mol. The number of nitro benzene ring substituents is 1. The second-order valence-electron chi connectivity index (χ2n) is 6.11. The van der Waals surface area contributed by atoms with Crippen LogP contribution < -0.4 is 5.32 Å². The van der Waals surface area contributed by atoms with Gasteiger partial charge in [-0.2, -0.15) is 0 Å². The van der Waals surface area contributed by atoms with Crippen molar-refractivity contribution in [1.82, 2.24) is 5.32 Å². The molecule has 0 unspecified atom stereocenters. The second-order valence-corrected chi connectivity index (χ2v) is 6.11. The molecule has 0 saturated carbocycles. The maximum atomic E-state index is 11.8. The van der Waals surface area contributed by atoms with Crippen molar-refractivity contribution in [1.29, 1.82) is 0 Å². The maximum Gasteiger partial charge on any atom is 0.508 e. The Labute approximate surface area is 144 Å². The number of hydrogen-bond donors (Lipinski definition) is 2. The molecule has 0 bridgehead atoms. The van der Waals surface area contributed by atoms with Crippen molar-refractivity contribution in [2.24, 2.45) is 5.92 Å². The number of aliphatic hydroxyl groups excluding tert-OH is 1. The first-order valence-electron chi connectivity index (χ1n) is 7.77. The predicted octanol–water partition coefficient (Wildman–Crippen LogP) is 1.52. The summed E-state index contributed by atoms with van der Waals surface area (Å²) in [5, 5.41) is 22.7. The van der Waals surface area contributed by atoms with E-state index in [9.17, 15) is 19.7 Å². The molecule has 1 aliphatic heterocycles. The number of carbonyl (C=O) groups is 2. The number of nitrogens with zero attached hydrogens (tertiary/aromatic N) is 1. The minimum Gasteiger partial charge on any atom is -0.430 e. The zero-order valence-electron chi connectivity index (χ0n) is 13.9. The van der Waals surface area contributed by atoms with Crippen LogP contribution in [0.25, 0.3) is 0 Å². The van der Waals surface area contributed by atoms with Crippen LogP contribution in [0.3, 0.4) is 0 Å². The van der Waals surface area contributed by atoms with Crippen molar-refractivity contribution in [2.45, 2.75) is 38.5 Å². The Kier molecular flexibility index (Phi) is 5.58. The molecule has 1 saturated heterocycles. The van der Waals surface area contributed by atoms with Crippen LogP contribution in [0.5, 0.6) is 0 Å². The van der Waals surface area contributed by atoms with Crippen molar-refractivity contribution in [3.05, 3.63) is 39.9 Å². The molecule has 1 aliphatic rings. The molecule has 3 atom stereocenters. The Morgan fingerprint density at radius 2 is 2.16 bits per heavy atom. The molecule has 1 amide bonds. The Balaban J connectivity index is 1.92. The summed E-state index contributed by atoms with van der Waals surface area (Å²) >= 11 is 0. The standard InChI is InChI=1S/C16H20N2O7/c1-10(13-14(20)17-16(13,2)7-8-19)25-15(21)24-9-11-5-3-4-6-12(11)18(22)23/h3-6,10,13,19H,7-9H2,1-2H3,(H,17,20)/t10-,13+,16-/m1/s1. The molecule has 0 aromatic heterocycles. The lowest BCUT2D eigenvalue weighted by molar-refractivity contribution is -0.385. The predicted molar refractivity (Wildman–Crippen MR) is 85.6 cm³/mol. The molecule has 2 N–H and O–H groups in total. The van der Waals surface area contributed by atoms with Crippen LogP contribution in [0, 0.1) is 16.0 Å². The van der Waals surface area contributed by atoms with Gasteiger partial charge in [0.25, 0.3) is 5.69 Å². The minimum absolute atomic E-state index is 0.109. The molecular weight excluding hydrogens is 332 g/mol. The van der Waals surface area contributed by atoms with E-state index in [1.165, 1.54) is 18.2 Å². The van der Waals surface area contributed by atoms with Gasteiger partial charge in [-0.25, -0.2) is 4.79 Å². The van der Waals surface area contributed by atoms with Crippen molar-refractivity contribution in [2.75, 3.05) is 6.61 Å². The van der Waals surface area contributed by atoms with E-state index in [0.717, 1.165) is 0 Å².